The van der Waals surface area contributed by atoms with E-state index in [1.165, 1.54) is 0 Å². The van der Waals surface area contributed by atoms with E-state index in [1.807, 2.05) is 48.6 Å². The monoisotopic (exact) mass is 369 g/mol. The molecule has 0 bridgehead atoms. The molecule has 0 fully saturated rings. The standard InChI is InChI=1S/C19H16BrNO2/c1-22-18-11-14-9-10-21-17(15(14)12-19(18)23-2)8-7-13-5-3-4-6-16(13)20/h3-12H,1-2H3. The minimum atomic E-state index is 0.698. The van der Waals surface area contributed by atoms with Crippen molar-refractivity contribution in [1.29, 1.82) is 0 Å². The van der Waals surface area contributed by atoms with Gasteiger partial charge in [-0.05, 0) is 41.3 Å². The number of pyridine rings is 1. The molecular formula is C19H16BrNO2. The number of hydrogen-bond acceptors (Lipinski definition) is 3. The predicted molar refractivity (Wildman–Crippen MR) is 97.9 cm³/mol. The number of hydrogen-bond donors (Lipinski definition) is 0. The lowest BCUT2D eigenvalue weighted by atomic mass is 10.1. The fourth-order valence-electron chi connectivity index (χ4n) is 2.43. The number of benzene rings is 2. The first-order valence-electron chi connectivity index (χ1n) is 7.16. The number of nitrogens with zero attached hydrogens (tertiary/aromatic N) is 1. The molecule has 3 rings (SSSR count). The molecule has 3 aromatic rings. The van der Waals surface area contributed by atoms with Crippen LogP contribution in [0.3, 0.4) is 0 Å². The molecule has 0 aliphatic heterocycles. The molecule has 0 radical (unpaired) electrons. The molecule has 0 aliphatic rings. The SMILES string of the molecule is COc1cc2ccnc(C=Cc3ccccc3Br)c2cc1OC. The normalized spacial score (nSPS) is 11.1. The molecule has 0 N–H and O–H groups in total. The van der Waals surface area contributed by atoms with Crippen LogP contribution in [-0.4, -0.2) is 19.2 Å². The van der Waals surface area contributed by atoms with Crippen molar-refractivity contribution in [2.45, 2.75) is 0 Å². The Morgan fingerprint density at radius 1 is 0.957 bits per heavy atom. The lowest BCUT2D eigenvalue weighted by molar-refractivity contribution is 0.356. The Morgan fingerprint density at radius 3 is 2.43 bits per heavy atom. The largest absolute Gasteiger partial charge is 0.493 e. The Morgan fingerprint density at radius 2 is 1.70 bits per heavy atom. The molecule has 0 atom stereocenters. The second kappa shape index (κ2) is 6.84. The van der Waals surface area contributed by atoms with E-state index < -0.39 is 0 Å². The van der Waals surface area contributed by atoms with Gasteiger partial charge in [0.1, 0.15) is 0 Å². The van der Waals surface area contributed by atoms with E-state index in [0.717, 1.165) is 26.5 Å². The maximum Gasteiger partial charge on any atom is 0.161 e. The van der Waals surface area contributed by atoms with Crippen molar-refractivity contribution in [3.05, 3.63) is 64.4 Å². The Bertz CT molecular complexity index is 874. The van der Waals surface area contributed by atoms with Gasteiger partial charge in [0, 0.05) is 16.1 Å². The number of halogens is 1. The Hall–Kier alpha value is -2.33. The van der Waals surface area contributed by atoms with Crippen LogP contribution in [0.1, 0.15) is 11.3 Å². The third-order valence-electron chi connectivity index (χ3n) is 3.63. The van der Waals surface area contributed by atoms with Crippen LogP contribution in [0.5, 0.6) is 11.5 Å². The summed E-state index contributed by atoms with van der Waals surface area (Å²) in [5.74, 6) is 1.41. The summed E-state index contributed by atoms with van der Waals surface area (Å²) < 4.78 is 11.8. The molecule has 4 heteroatoms. The summed E-state index contributed by atoms with van der Waals surface area (Å²) in [7, 11) is 3.27. The predicted octanol–water partition coefficient (Wildman–Crippen LogP) is 5.18. The van der Waals surface area contributed by atoms with E-state index in [9.17, 15) is 0 Å². The summed E-state index contributed by atoms with van der Waals surface area (Å²) in [5, 5.41) is 2.08. The summed E-state index contributed by atoms with van der Waals surface area (Å²) >= 11 is 3.55. The lowest BCUT2D eigenvalue weighted by Crippen LogP contribution is -1.92. The molecule has 2 aromatic carbocycles. The van der Waals surface area contributed by atoms with Gasteiger partial charge in [0.25, 0.3) is 0 Å². The molecule has 1 aromatic heterocycles. The second-order valence-electron chi connectivity index (χ2n) is 4.98. The lowest BCUT2D eigenvalue weighted by Gasteiger charge is -2.10. The molecule has 0 spiro atoms. The molecule has 3 nitrogen and oxygen atoms in total. The number of methoxy groups -OCH3 is 2. The smallest absolute Gasteiger partial charge is 0.161 e. The van der Waals surface area contributed by atoms with Crippen molar-refractivity contribution in [1.82, 2.24) is 4.98 Å². The number of fused-ring (bicyclic) bond motifs is 1. The van der Waals surface area contributed by atoms with Crippen LogP contribution in [0.4, 0.5) is 0 Å². The maximum atomic E-state index is 5.40. The van der Waals surface area contributed by atoms with Crippen molar-refractivity contribution in [2.75, 3.05) is 14.2 Å². The third-order valence-corrected chi connectivity index (χ3v) is 4.35. The maximum absolute atomic E-state index is 5.40. The van der Waals surface area contributed by atoms with Crippen LogP contribution < -0.4 is 9.47 Å². The molecule has 23 heavy (non-hydrogen) atoms. The van der Waals surface area contributed by atoms with Gasteiger partial charge in [-0.15, -0.1) is 0 Å². The second-order valence-corrected chi connectivity index (χ2v) is 5.83. The Balaban J connectivity index is 2.09. The number of aromatic nitrogens is 1. The fraction of sp³-hybridized carbons (Fsp3) is 0.105. The van der Waals surface area contributed by atoms with E-state index in [-0.39, 0.29) is 0 Å². The van der Waals surface area contributed by atoms with E-state index in [2.05, 4.69) is 27.0 Å². The van der Waals surface area contributed by atoms with E-state index in [4.69, 9.17) is 9.47 Å². The zero-order valence-electron chi connectivity index (χ0n) is 12.9. The molecule has 0 unspecified atom stereocenters. The first-order chi connectivity index (χ1) is 11.2. The van der Waals surface area contributed by atoms with E-state index in [1.54, 1.807) is 20.4 Å². The number of ether oxygens (including phenoxy) is 2. The minimum absolute atomic E-state index is 0.698. The quantitative estimate of drug-likeness (QED) is 0.634. The highest BCUT2D eigenvalue weighted by Crippen LogP contribution is 2.33. The zero-order valence-corrected chi connectivity index (χ0v) is 14.5. The minimum Gasteiger partial charge on any atom is -0.493 e. The molecule has 116 valence electrons. The van der Waals surface area contributed by atoms with Crippen molar-refractivity contribution in [3.8, 4) is 11.5 Å². The topological polar surface area (TPSA) is 31.4 Å². The molecule has 0 aliphatic carbocycles. The third kappa shape index (κ3) is 3.22. The summed E-state index contributed by atoms with van der Waals surface area (Å²) in [6, 6.07) is 14.0. The van der Waals surface area contributed by atoms with Gasteiger partial charge in [0.2, 0.25) is 0 Å². The van der Waals surface area contributed by atoms with Gasteiger partial charge in [-0.3, -0.25) is 4.98 Å². The highest BCUT2D eigenvalue weighted by atomic mass is 79.9. The number of rotatable bonds is 4. The van der Waals surface area contributed by atoms with Crippen molar-refractivity contribution in [2.24, 2.45) is 0 Å². The molecule has 1 heterocycles. The average Bonchev–Trinajstić information content (AvgIpc) is 2.59. The molecular weight excluding hydrogens is 354 g/mol. The fourth-order valence-corrected chi connectivity index (χ4v) is 2.85. The van der Waals surface area contributed by atoms with Crippen LogP contribution >= 0.6 is 15.9 Å². The first kappa shape index (κ1) is 15.6. The summed E-state index contributed by atoms with van der Waals surface area (Å²) in [6.07, 6.45) is 5.85. The molecule has 0 amide bonds. The van der Waals surface area contributed by atoms with Crippen LogP contribution in [0.2, 0.25) is 0 Å². The molecule has 0 saturated heterocycles. The average molecular weight is 370 g/mol. The Kier molecular flexibility index (Phi) is 4.63. The Labute approximate surface area is 143 Å². The van der Waals surface area contributed by atoms with Gasteiger partial charge >= 0.3 is 0 Å². The summed E-state index contributed by atoms with van der Waals surface area (Å²) in [5.41, 5.74) is 1.99. The first-order valence-corrected chi connectivity index (χ1v) is 7.95. The van der Waals surface area contributed by atoms with Crippen LogP contribution in [0, 0.1) is 0 Å². The van der Waals surface area contributed by atoms with Crippen LogP contribution in [0.15, 0.2) is 53.1 Å². The van der Waals surface area contributed by atoms with E-state index in [0.29, 0.717) is 11.5 Å². The highest BCUT2D eigenvalue weighted by Gasteiger charge is 2.08. The van der Waals surface area contributed by atoms with Gasteiger partial charge in [0.15, 0.2) is 11.5 Å². The van der Waals surface area contributed by atoms with Crippen molar-refractivity contribution < 1.29 is 9.47 Å². The highest BCUT2D eigenvalue weighted by molar-refractivity contribution is 9.10. The van der Waals surface area contributed by atoms with Crippen molar-refractivity contribution >= 4 is 38.9 Å². The van der Waals surface area contributed by atoms with Gasteiger partial charge in [-0.2, -0.15) is 0 Å². The van der Waals surface area contributed by atoms with Gasteiger partial charge in [-0.1, -0.05) is 40.2 Å². The van der Waals surface area contributed by atoms with Crippen LogP contribution in [-0.2, 0) is 0 Å². The van der Waals surface area contributed by atoms with Gasteiger partial charge in [0.05, 0.1) is 19.9 Å². The van der Waals surface area contributed by atoms with Crippen molar-refractivity contribution in [3.63, 3.8) is 0 Å². The molecule has 0 saturated carbocycles. The summed E-state index contributed by atoms with van der Waals surface area (Å²) in [6.45, 7) is 0. The summed E-state index contributed by atoms with van der Waals surface area (Å²) in [4.78, 5) is 4.48. The van der Waals surface area contributed by atoms with Gasteiger partial charge in [-0.25, -0.2) is 0 Å². The zero-order chi connectivity index (χ0) is 16.2. The van der Waals surface area contributed by atoms with Gasteiger partial charge < -0.3 is 9.47 Å². The van der Waals surface area contributed by atoms with E-state index >= 15 is 0 Å². The van der Waals surface area contributed by atoms with Crippen LogP contribution in [0.25, 0.3) is 22.9 Å².